The van der Waals surface area contributed by atoms with E-state index < -0.39 is 0 Å². The van der Waals surface area contributed by atoms with Gasteiger partial charge in [0.2, 0.25) is 0 Å². The van der Waals surface area contributed by atoms with Gasteiger partial charge in [0.25, 0.3) is 0 Å². The Balaban J connectivity index is 0.00000312. The molecule has 0 aliphatic carbocycles. The number of hydrogen-bond donors (Lipinski definition) is 2. The third-order valence-electron chi connectivity index (χ3n) is 3.79. The monoisotopic (exact) mass is 473 g/mol. The fourth-order valence-corrected chi connectivity index (χ4v) is 3.17. The Bertz CT molecular complexity index is 657. The first-order valence-electron chi connectivity index (χ1n) is 8.18. The number of nitrogens with one attached hydrogen (secondary N) is 2. The highest BCUT2D eigenvalue weighted by atomic mass is 127. The van der Waals surface area contributed by atoms with Crippen LogP contribution < -0.4 is 10.6 Å². The smallest absolute Gasteiger partial charge is 0.191 e. The van der Waals surface area contributed by atoms with Gasteiger partial charge in [0.15, 0.2) is 5.96 Å². The van der Waals surface area contributed by atoms with Crippen molar-refractivity contribution in [2.45, 2.75) is 31.8 Å². The number of aryl methyl sites for hydroxylation is 1. The zero-order valence-electron chi connectivity index (χ0n) is 15.3. The van der Waals surface area contributed by atoms with E-state index in [1.165, 1.54) is 16.0 Å². The van der Waals surface area contributed by atoms with Crippen LogP contribution >= 0.6 is 35.7 Å². The van der Waals surface area contributed by atoms with E-state index in [4.69, 9.17) is 0 Å². The lowest BCUT2D eigenvalue weighted by Gasteiger charge is -2.17. The zero-order valence-corrected chi connectivity index (χ0v) is 18.5. The van der Waals surface area contributed by atoms with Gasteiger partial charge in [0.1, 0.15) is 0 Å². The van der Waals surface area contributed by atoms with Crippen molar-refractivity contribution in [1.82, 2.24) is 20.4 Å². The Morgan fingerprint density at radius 2 is 2.16 bits per heavy atom. The molecule has 138 valence electrons. The molecule has 1 aromatic carbocycles. The van der Waals surface area contributed by atoms with Crippen molar-refractivity contribution >= 4 is 41.7 Å². The molecule has 1 unspecified atom stereocenters. The molecule has 1 heterocycles. The lowest BCUT2D eigenvalue weighted by Crippen LogP contribution is -2.39. The van der Waals surface area contributed by atoms with Crippen LogP contribution in [0, 0.1) is 12.8 Å². The van der Waals surface area contributed by atoms with Crippen LogP contribution in [0.5, 0.6) is 0 Å². The highest BCUT2D eigenvalue weighted by molar-refractivity contribution is 14.0. The lowest BCUT2D eigenvalue weighted by atomic mass is 10.1. The van der Waals surface area contributed by atoms with Gasteiger partial charge in [-0.15, -0.1) is 35.7 Å². The van der Waals surface area contributed by atoms with Crippen molar-refractivity contribution in [2.75, 3.05) is 19.8 Å². The summed E-state index contributed by atoms with van der Waals surface area (Å²) in [5, 5.41) is 11.0. The SMILES string of the molecule is CN=C(NCc1ccc(C)cc1SC)NCC(C)Cn1cccn1.I. The second kappa shape index (κ2) is 11.4. The summed E-state index contributed by atoms with van der Waals surface area (Å²) in [5.41, 5.74) is 2.58. The number of aromatic nitrogens is 2. The fourth-order valence-electron chi connectivity index (χ4n) is 2.46. The molecule has 2 rings (SSSR count). The van der Waals surface area contributed by atoms with Crippen LogP contribution in [0.3, 0.4) is 0 Å². The highest BCUT2D eigenvalue weighted by Gasteiger charge is 2.07. The molecule has 7 heteroatoms. The molecule has 2 N–H and O–H groups in total. The van der Waals surface area contributed by atoms with Gasteiger partial charge in [-0.3, -0.25) is 9.67 Å². The maximum atomic E-state index is 4.31. The predicted octanol–water partition coefficient (Wildman–Crippen LogP) is 3.53. The van der Waals surface area contributed by atoms with E-state index in [1.54, 1.807) is 18.8 Å². The van der Waals surface area contributed by atoms with Gasteiger partial charge in [0, 0.05) is 44.0 Å². The summed E-state index contributed by atoms with van der Waals surface area (Å²) in [6, 6.07) is 8.51. The average molecular weight is 473 g/mol. The highest BCUT2D eigenvalue weighted by Crippen LogP contribution is 2.21. The van der Waals surface area contributed by atoms with E-state index in [0.717, 1.165) is 25.6 Å². The van der Waals surface area contributed by atoms with Crippen molar-refractivity contribution in [1.29, 1.82) is 0 Å². The van der Waals surface area contributed by atoms with Crippen molar-refractivity contribution < 1.29 is 0 Å². The van der Waals surface area contributed by atoms with Crippen LogP contribution in [0.4, 0.5) is 0 Å². The number of thioether (sulfide) groups is 1. The molecule has 0 bridgehead atoms. The number of hydrogen-bond acceptors (Lipinski definition) is 3. The van der Waals surface area contributed by atoms with Crippen molar-refractivity contribution in [2.24, 2.45) is 10.9 Å². The Morgan fingerprint density at radius 1 is 1.36 bits per heavy atom. The maximum absolute atomic E-state index is 4.31. The van der Waals surface area contributed by atoms with Crippen LogP contribution in [0.25, 0.3) is 0 Å². The molecule has 0 aliphatic rings. The Hall–Kier alpha value is -1.22. The summed E-state index contributed by atoms with van der Waals surface area (Å²) in [4.78, 5) is 5.62. The number of guanidine groups is 1. The number of halogens is 1. The molecule has 0 amide bonds. The van der Waals surface area contributed by atoms with Crippen LogP contribution in [0.15, 0.2) is 46.5 Å². The molecular formula is C18H28IN5S. The van der Waals surface area contributed by atoms with Crippen LogP contribution in [0.2, 0.25) is 0 Å². The summed E-state index contributed by atoms with van der Waals surface area (Å²) >= 11 is 1.78. The molecule has 1 atom stereocenters. The molecule has 0 spiro atoms. The van der Waals surface area contributed by atoms with E-state index in [2.05, 4.69) is 59.0 Å². The van der Waals surface area contributed by atoms with Crippen molar-refractivity contribution in [3.05, 3.63) is 47.8 Å². The van der Waals surface area contributed by atoms with Gasteiger partial charge in [-0.1, -0.05) is 19.1 Å². The summed E-state index contributed by atoms with van der Waals surface area (Å²) < 4.78 is 1.96. The fraction of sp³-hybridized carbons (Fsp3) is 0.444. The Morgan fingerprint density at radius 3 is 2.80 bits per heavy atom. The van der Waals surface area contributed by atoms with Crippen molar-refractivity contribution in [3.8, 4) is 0 Å². The van der Waals surface area contributed by atoms with E-state index in [9.17, 15) is 0 Å². The van der Waals surface area contributed by atoms with E-state index >= 15 is 0 Å². The van der Waals surface area contributed by atoms with Gasteiger partial charge in [-0.2, -0.15) is 5.10 Å². The number of benzene rings is 1. The summed E-state index contributed by atoms with van der Waals surface area (Å²) in [6.45, 7) is 6.84. The van der Waals surface area contributed by atoms with E-state index in [1.807, 2.05) is 23.1 Å². The largest absolute Gasteiger partial charge is 0.356 e. The van der Waals surface area contributed by atoms with E-state index in [0.29, 0.717) is 5.92 Å². The van der Waals surface area contributed by atoms with Crippen LogP contribution in [-0.2, 0) is 13.1 Å². The minimum absolute atomic E-state index is 0. The normalized spacial score (nSPS) is 12.4. The van der Waals surface area contributed by atoms with Gasteiger partial charge in [-0.05, 0) is 42.4 Å². The van der Waals surface area contributed by atoms with Crippen LogP contribution in [-0.4, -0.2) is 35.6 Å². The van der Waals surface area contributed by atoms with Gasteiger partial charge >= 0.3 is 0 Å². The number of rotatable bonds is 7. The van der Waals surface area contributed by atoms with E-state index in [-0.39, 0.29) is 24.0 Å². The van der Waals surface area contributed by atoms with Crippen molar-refractivity contribution in [3.63, 3.8) is 0 Å². The molecule has 5 nitrogen and oxygen atoms in total. The molecular weight excluding hydrogens is 445 g/mol. The molecule has 25 heavy (non-hydrogen) atoms. The topological polar surface area (TPSA) is 54.2 Å². The second-order valence-corrected chi connectivity index (χ2v) is 6.80. The molecule has 0 aliphatic heterocycles. The second-order valence-electron chi connectivity index (χ2n) is 5.96. The first kappa shape index (κ1) is 21.8. The first-order valence-corrected chi connectivity index (χ1v) is 9.40. The summed E-state index contributed by atoms with van der Waals surface area (Å²) in [7, 11) is 1.80. The molecule has 0 fully saturated rings. The lowest BCUT2D eigenvalue weighted by molar-refractivity contribution is 0.443. The predicted molar refractivity (Wildman–Crippen MR) is 118 cm³/mol. The van der Waals surface area contributed by atoms with Gasteiger partial charge in [-0.25, -0.2) is 0 Å². The van der Waals surface area contributed by atoms with Crippen LogP contribution in [0.1, 0.15) is 18.1 Å². The third-order valence-corrected chi connectivity index (χ3v) is 4.61. The first-order chi connectivity index (χ1) is 11.6. The summed E-state index contributed by atoms with van der Waals surface area (Å²) in [6.07, 6.45) is 5.92. The number of aliphatic imine (C=N–C) groups is 1. The average Bonchev–Trinajstić information content (AvgIpc) is 3.08. The minimum atomic E-state index is 0. The molecule has 0 saturated heterocycles. The maximum Gasteiger partial charge on any atom is 0.191 e. The molecule has 0 saturated carbocycles. The quantitative estimate of drug-likeness (QED) is 0.280. The molecule has 0 radical (unpaired) electrons. The van der Waals surface area contributed by atoms with Gasteiger partial charge < -0.3 is 10.6 Å². The standard InChI is InChI=1S/C18H27N5S.HI/c1-14-6-7-16(17(10-14)24-4)12-21-18(19-3)20-11-15(2)13-23-9-5-8-22-23;/h5-10,15H,11-13H2,1-4H3,(H2,19,20,21);1H. The molecule has 1 aromatic heterocycles. The Labute approximate surface area is 172 Å². The third kappa shape index (κ3) is 7.27. The minimum Gasteiger partial charge on any atom is -0.356 e. The molecule has 2 aromatic rings. The Kier molecular flexibility index (Phi) is 9.96. The summed E-state index contributed by atoms with van der Waals surface area (Å²) in [5.74, 6) is 1.29. The van der Waals surface area contributed by atoms with Gasteiger partial charge in [0.05, 0.1) is 0 Å². The zero-order chi connectivity index (χ0) is 17.4. The number of nitrogens with zero attached hydrogens (tertiary/aromatic N) is 3.